The minimum absolute atomic E-state index is 0.163. The van der Waals surface area contributed by atoms with Gasteiger partial charge in [0, 0.05) is 31.2 Å². The molecule has 0 aromatic carbocycles. The average Bonchev–Trinajstić information content (AvgIpc) is 2.04. The van der Waals surface area contributed by atoms with E-state index in [0.717, 1.165) is 18.5 Å². The second-order valence-corrected chi connectivity index (χ2v) is 3.25. The Morgan fingerprint density at radius 1 is 1.17 bits per heavy atom. The predicted molar refractivity (Wildman–Crippen MR) is 43.3 cm³/mol. The second kappa shape index (κ2) is 2.73. The first-order valence-corrected chi connectivity index (χ1v) is 4.31. The molecule has 0 atom stereocenters. The van der Waals surface area contributed by atoms with Crippen LogP contribution in [0.5, 0.6) is 0 Å². The molecule has 0 aromatic heterocycles. The van der Waals surface area contributed by atoms with E-state index in [-0.39, 0.29) is 11.7 Å². The van der Waals surface area contributed by atoms with Gasteiger partial charge in [0.15, 0.2) is 5.78 Å². The summed E-state index contributed by atoms with van der Waals surface area (Å²) in [4.78, 5) is 24.1. The highest BCUT2D eigenvalue weighted by molar-refractivity contribution is 5.93. The fraction of sp³-hybridized carbons (Fsp3) is 0.556. The fourth-order valence-electron chi connectivity index (χ4n) is 1.75. The lowest BCUT2D eigenvalue weighted by molar-refractivity contribution is -0.131. The van der Waals surface area contributed by atoms with E-state index in [4.69, 9.17) is 0 Å². The summed E-state index contributed by atoms with van der Waals surface area (Å²) in [6, 6.07) is 0. The van der Waals surface area contributed by atoms with Gasteiger partial charge in [0.05, 0.1) is 0 Å². The number of allylic oxidation sites excluding steroid dienone is 2. The first kappa shape index (κ1) is 7.53. The predicted octanol–water partition coefficient (Wildman–Crippen LogP) is 0.856. The number of carbonyl (C=O) groups excluding carboxylic acids is 2. The van der Waals surface area contributed by atoms with E-state index >= 15 is 0 Å². The van der Waals surface area contributed by atoms with E-state index in [1.54, 1.807) is 11.0 Å². The highest BCUT2D eigenvalue weighted by Crippen LogP contribution is 2.24. The number of ketones is 1. The van der Waals surface area contributed by atoms with E-state index in [1.165, 1.54) is 0 Å². The number of rotatable bonds is 0. The molecule has 0 bridgehead atoms. The number of hydrogen-bond donors (Lipinski definition) is 0. The summed E-state index contributed by atoms with van der Waals surface area (Å²) in [6.45, 7) is 0.601. The molecule has 0 aliphatic carbocycles. The molecule has 2 aliphatic rings. The van der Waals surface area contributed by atoms with Gasteiger partial charge in [-0.1, -0.05) is 0 Å². The van der Waals surface area contributed by atoms with Crippen molar-refractivity contribution >= 4 is 11.7 Å². The summed E-state index contributed by atoms with van der Waals surface area (Å²) < 4.78 is 0. The monoisotopic (exact) mass is 165 g/mol. The van der Waals surface area contributed by atoms with E-state index in [1.807, 2.05) is 0 Å². The van der Waals surface area contributed by atoms with Crippen molar-refractivity contribution in [3.8, 4) is 0 Å². The van der Waals surface area contributed by atoms with Crippen LogP contribution in [0.2, 0.25) is 0 Å². The Morgan fingerprint density at radius 3 is 2.83 bits per heavy atom. The van der Waals surface area contributed by atoms with Gasteiger partial charge in [-0.15, -0.1) is 0 Å². The number of amides is 1. The molecule has 3 nitrogen and oxygen atoms in total. The van der Waals surface area contributed by atoms with E-state index in [9.17, 15) is 9.59 Å². The average molecular weight is 165 g/mol. The Hall–Kier alpha value is -1.12. The van der Waals surface area contributed by atoms with Gasteiger partial charge in [0.25, 0.3) is 0 Å². The lowest BCUT2D eigenvalue weighted by Gasteiger charge is -2.31. The van der Waals surface area contributed by atoms with Crippen molar-refractivity contribution in [3.63, 3.8) is 0 Å². The van der Waals surface area contributed by atoms with Gasteiger partial charge in [-0.05, 0) is 12.8 Å². The third-order valence-corrected chi connectivity index (χ3v) is 2.38. The van der Waals surface area contributed by atoms with Crippen molar-refractivity contribution in [1.29, 1.82) is 0 Å². The zero-order valence-electron chi connectivity index (χ0n) is 6.88. The fourth-order valence-corrected chi connectivity index (χ4v) is 1.75. The Balaban J connectivity index is 2.26. The van der Waals surface area contributed by atoms with Gasteiger partial charge < -0.3 is 4.90 Å². The van der Waals surface area contributed by atoms with Crippen LogP contribution >= 0.6 is 0 Å². The van der Waals surface area contributed by atoms with Gasteiger partial charge in [-0.3, -0.25) is 9.59 Å². The van der Waals surface area contributed by atoms with Crippen molar-refractivity contribution in [3.05, 3.63) is 11.8 Å². The van der Waals surface area contributed by atoms with Gasteiger partial charge >= 0.3 is 0 Å². The molecule has 3 heteroatoms. The van der Waals surface area contributed by atoms with Gasteiger partial charge in [-0.2, -0.15) is 0 Å². The first-order valence-electron chi connectivity index (χ1n) is 4.31. The molecule has 0 unspecified atom stereocenters. The van der Waals surface area contributed by atoms with Gasteiger partial charge in [0.1, 0.15) is 0 Å². The topological polar surface area (TPSA) is 37.4 Å². The SMILES string of the molecule is O=C1C=C2CCCC(=O)N2CC1. The third-order valence-electron chi connectivity index (χ3n) is 2.38. The van der Waals surface area contributed by atoms with Crippen LogP contribution in [0.25, 0.3) is 0 Å². The maximum atomic E-state index is 11.3. The van der Waals surface area contributed by atoms with Crippen molar-refractivity contribution in [2.75, 3.05) is 6.54 Å². The van der Waals surface area contributed by atoms with Crippen molar-refractivity contribution in [2.45, 2.75) is 25.7 Å². The Labute approximate surface area is 71.0 Å². The van der Waals surface area contributed by atoms with Gasteiger partial charge in [0.2, 0.25) is 5.91 Å². The summed E-state index contributed by atoms with van der Waals surface area (Å²) in [5, 5.41) is 0. The van der Waals surface area contributed by atoms with Crippen LogP contribution < -0.4 is 0 Å². The molecule has 12 heavy (non-hydrogen) atoms. The zero-order chi connectivity index (χ0) is 8.55. The minimum atomic E-state index is 0.163. The molecule has 0 spiro atoms. The molecule has 2 rings (SSSR count). The summed E-state index contributed by atoms with van der Waals surface area (Å²) in [6.07, 6.45) is 4.55. The van der Waals surface area contributed by atoms with Crippen LogP contribution in [-0.4, -0.2) is 23.1 Å². The summed E-state index contributed by atoms with van der Waals surface area (Å²) in [7, 11) is 0. The molecule has 64 valence electrons. The lowest BCUT2D eigenvalue weighted by Crippen LogP contribution is -2.38. The standard InChI is InChI=1S/C9H11NO2/c11-8-4-5-10-7(6-8)2-1-3-9(10)12/h6H,1-5H2. The molecule has 2 aliphatic heterocycles. The molecule has 2 heterocycles. The molecule has 1 fully saturated rings. The largest absolute Gasteiger partial charge is 0.316 e. The Kier molecular flexibility index (Phi) is 1.71. The van der Waals surface area contributed by atoms with Gasteiger partial charge in [-0.25, -0.2) is 0 Å². The highest BCUT2D eigenvalue weighted by Gasteiger charge is 2.26. The molecule has 0 radical (unpaired) electrons. The van der Waals surface area contributed by atoms with Crippen LogP contribution in [0, 0.1) is 0 Å². The summed E-state index contributed by atoms with van der Waals surface area (Å²) in [5.41, 5.74) is 0.933. The van der Waals surface area contributed by atoms with Crippen LogP contribution in [0.3, 0.4) is 0 Å². The normalized spacial score (nSPS) is 23.7. The van der Waals surface area contributed by atoms with Crippen molar-refractivity contribution < 1.29 is 9.59 Å². The summed E-state index contributed by atoms with van der Waals surface area (Å²) in [5.74, 6) is 0.343. The number of hydrogen-bond acceptors (Lipinski definition) is 2. The third kappa shape index (κ3) is 1.15. The molecule has 0 N–H and O–H groups in total. The zero-order valence-corrected chi connectivity index (χ0v) is 6.88. The number of piperidine rings is 1. The molecule has 0 aromatic rings. The number of carbonyl (C=O) groups is 2. The Bertz CT molecular complexity index is 268. The van der Waals surface area contributed by atoms with Crippen LogP contribution in [0.1, 0.15) is 25.7 Å². The summed E-state index contributed by atoms with van der Waals surface area (Å²) >= 11 is 0. The van der Waals surface area contributed by atoms with E-state index in [2.05, 4.69) is 0 Å². The maximum Gasteiger partial charge on any atom is 0.226 e. The molecule has 0 saturated carbocycles. The van der Waals surface area contributed by atoms with Crippen molar-refractivity contribution in [1.82, 2.24) is 4.90 Å². The smallest absolute Gasteiger partial charge is 0.226 e. The molecule has 1 saturated heterocycles. The molecular formula is C9H11NO2. The highest BCUT2D eigenvalue weighted by atomic mass is 16.2. The van der Waals surface area contributed by atoms with Crippen molar-refractivity contribution in [2.24, 2.45) is 0 Å². The van der Waals surface area contributed by atoms with Crippen LogP contribution in [0.4, 0.5) is 0 Å². The van der Waals surface area contributed by atoms with E-state index in [0.29, 0.717) is 19.4 Å². The lowest BCUT2D eigenvalue weighted by atomic mass is 10.0. The number of nitrogens with zero attached hydrogens (tertiary/aromatic N) is 1. The maximum absolute atomic E-state index is 11.3. The van der Waals surface area contributed by atoms with Crippen LogP contribution in [0.15, 0.2) is 11.8 Å². The quantitative estimate of drug-likeness (QED) is 0.533. The minimum Gasteiger partial charge on any atom is -0.316 e. The molecule has 1 amide bonds. The second-order valence-electron chi connectivity index (χ2n) is 3.25. The van der Waals surface area contributed by atoms with E-state index < -0.39 is 0 Å². The van der Waals surface area contributed by atoms with Crippen LogP contribution in [-0.2, 0) is 9.59 Å². The number of fused-ring (bicyclic) bond motifs is 1. The first-order chi connectivity index (χ1) is 5.77. The Morgan fingerprint density at radius 2 is 2.00 bits per heavy atom. The molecular weight excluding hydrogens is 154 g/mol.